The Labute approximate surface area is 148 Å². The highest BCUT2D eigenvalue weighted by atomic mass is 16.2. The number of aromatic amines is 1. The fourth-order valence-corrected chi connectivity index (χ4v) is 2.82. The lowest BCUT2D eigenvalue weighted by molar-refractivity contribution is -0.110. The average molecular weight is 345 g/mol. The minimum Gasteiger partial charge on any atom is -0.372 e. The molecule has 0 bridgehead atoms. The number of pyridine rings is 1. The summed E-state index contributed by atoms with van der Waals surface area (Å²) in [6.07, 6.45) is 6.40. The van der Waals surface area contributed by atoms with Gasteiger partial charge in [0.15, 0.2) is 0 Å². The van der Waals surface area contributed by atoms with Crippen molar-refractivity contribution < 1.29 is 4.79 Å². The van der Waals surface area contributed by atoms with E-state index in [2.05, 4.69) is 25.6 Å². The van der Waals surface area contributed by atoms with Gasteiger partial charge < -0.3 is 15.6 Å². The van der Waals surface area contributed by atoms with Gasteiger partial charge in [-0.15, -0.1) is 0 Å². The SMILES string of the molecule is CNc1cncc(-c2c[nH]c(=O)c(C=C3C(=O)Nc4ccccc43)c2)n1. The van der Waals surface area contributed by atoms with Crippen LogP contribution in [0.4, 0.5) is 11.5 Å². The van der Waals surface area contributed by atoms with Gasteiger partial charge in [-0.3, -0.25) is 14.6 Å². The van der Waals surface area contributed by atoms with Gasteiger partial charge in [-0.05, 0) is 18.2 Å². The molecule has 1 amide bonds. The Morgan fingerprint density at radius 1 is 1.15 bits per heavy atom. The van der Waals surface area contributed by atoms with Crippen molar-refractivity contribution in [3.63, 3.8) is 0 Å². The fourth-order valence-electron chi connectivity index (χ4n) is 2.82. The van der Waals surface area contributed by atoms with Crippen LogP contribution in [0.2, 0.25) is 0 Å². The zero-order valence-corrected chi connectivity index (χ0v) is 13.9. The van der Waals surface area contributed by atoms with Crippen LogP contribution in [-0.4, -0.2) is 27.9 Å². The first-order valence-corrected chi connectivity index (χ1v) is 8.01. The molecule has 0 spiro atoms. The number of hydrogen-bond donors (Lipinski definition) is 3. The van der Waals surface area contributed by atoms with Crippen molar-refractivity contribution in [1.82, 2.24) is 15.0 Å². The summed E-state index contributed by atoms with van der Waals surface area (Å²) in [6.45, 7) is 0. The van der Waals surface area contributed by atoms with E-state index in [0.29, 0.717) is 28.2 Å². The van der Waals surface area contributed by atoms with Crippen LogP contribution in [0.1, 0.15) is 11.1 Å². The fraction of sp³-hybridized carbons (Fsp3) is 0.0526. The van der Waals surface area contributed by atoms with Crippen LogP contribution in [0.15, 0.2) is 53.7 Å². The summed E-state index contributed by atoms with van der Waals surface area (Å²) in [4.78, 5) is 35.8. The molecule has 7 nitrogen and oxygen atoms in total. The van der Waals surface area contributed by atoms with Crippen molar-refractivity contribution in [2.75, 3.05) is 17.7 Å². The van der Waals surface area contributed by atoms with Crippen molar-refractivity contribution in [3.8, 4) is 11.3 Å². The standard InChI is InChI=1S/C19H15N5O2/c1-20-17-10-21-9-16(23-17)12-6-11(18(25)22-8-12)7-14-13-4-2-3-5-15(13)24-19(14)26/h2-10H,1H3,(H,20,23)(H,22,25)(H,24,26). The van der Waals surface area contributed by atoms with Gasteiger partial charge in [-0.1, -0.05) is 18.2 Å². The highest BCUT2D eigenvalue weighted by Gasteiger charge is 2.23. The maximum absolute atomic E-state index is 12.3. The zero-order valence-electron chi connectivity index (χ0n) is 13.9. The van der Waals surface area contributed by atoms with Gasteiger partial charge >= 0.3 is 0 Å². The quantitative estimate of drug-likeness (QED) is 0.633. The molecule has 3 heterocycles. The molecule has 0 radical (unpaired) electrons. The van der Waals surface area contributed by atoms with Gasteiger partial charge in [0.05, 0.1) is 18.1 Å². The van der Waals surface area contributed by atoms with E-state index in [9.17, 15) is 9.59 Å². The largest absolute Gasteiger partial charge is 0.372 e. The summed E-state index contributed by atoms with van der Waals surface area (Å²) in [7, 11) is 1.76. The van der Waals surface area contributed by atoms with Crippen molar-refractivity contribution in [2.45, 2.75) is 0 Å². The maximum Gasteiger partial charge on any atom is 0.256 e. The van der Waals surface area contributed by atoms with Crippen LogP contribution in [0, 0.1) is 0 Å². The number of nitrogens with zero attached hydrogens (tertiary/aromatic N) is 2. The van der Waals surface area contributed by atoms with Crippen LogP contribution < -0.4 is 16.2 Å². The molecule has 4 rings (SSSR count). The molecular formula is C19H15N5O2. The molecule has 1 aliphatic heterocycles. The minimum atomic E-state index is -0.281. The number of para-hydroxylation sites is 1. The maximum atomic E-state index is 12.3. The molecule has 3 N–H and O–H groups in total. The normalized spacial score (nSPS) is 14.2. The van der Waals surface area contributed by atoms with E-state index in [1.165, 1.54) is 0 Å². The summed E-state index contributed by atoms with van der Waals surface area (Å²) in [5, 5.41) is 5.73. The number of rotatable bonds is 3. The first-order chi connectivity index (χ1) is 12.7. The van der Waals surface area contributed by atoms with Crippen LogP contribution >= 0.6 is 0 Å². The summed E-state index contributed by atoms with van der Waals surface area (Å²) in [5.41, 5.74) is 3.38. The van der Waals surface area contributed by atoms with E-state index in [4.69, 9.17) is 0 Å². The Hall–Kier alpha value is -3.74. The van der Waals surface area contributed by atoms with E-state index >= 15 is 0 Å². The van der Waals surface area contributed by atoms with Gasteiger partial charge in [0.1, 0.15) is 5.82 Å². The van der Waals surface area contributed by atoms with Crippen LogP contribution in [0.3, 0.4) is 0 Å². The zero-order chi connectivity index (χ0) is 18.1. The molecule has 0 saturated heterocycles. The molecule has 0 saturated carbocycles. The Bertz CT molecular complexity index is 1100. The predicted molar refractivity (Wildman–Crippen MR) is 101 cm³/mol. The van der Waals surface area contributed by atoms with E-state index in [1.54, 1.807) is 37.8 Å². The van der Waals surface area contributed by atoms with E-state index < -0.39 is 0 Å². The van der Waals surface area contributed by atoms with Gasteiger partial charge in [0.25, 0.3) is 11.5 Å². The molecule has 0 atom stereocenters. The summed E-state index contributed by atoms with van der Waals surface area (Å²) in [5.74, 6) is 0.394. The molecule has 26 heavy (non-hydrogen) atoms. The van der Waals surface area contributed by atoms with Crippen molar-refractivity contribution in [2.24, 2.45) is 0 Å². The molecule has 3 aromatic rings. The molecule has 0 aliphatic carbocycles. The summed E-state index contributed by atoms with van der Waals surface area (Å²) in [6, 6.07) is 9.07. The predicted octanol–water partition coefficient (Wildman–Crippen LogP) is 2.37. The van der Waals surface area contributed by atoms with Crippen LogP contribution in [0.25, 0.3) is 22.9 Å². The highest BCUT2D eigenvalue weighted by molar-refractivity contribution is 6.34. The number of fused-ring (bicyclic) bond motifs is 1. The molecule has 128 valence electrons. The number of aromatic nitrogens is 3. The minimum absolute atomic E-state index is 0.229. The molecule has 7 heteroatoms. The third-order valence-corrected chi connectivity index (χ3v) is 4.13. The lowest BCUT2D eigenvalue weighted by Crippen LogP contribution is -2.10. The summed E-state index contributed by atoms with van der Waals surface area (Å²) < 4.78 is 0. The second kappa shape index (κ2) is 6.29. The molecular weight excluding hydrogens is 330 g/mol. The first-order valence-electron chi connectivity index (χ1n) is 8.01. The highest BCUT2D eigenvalue weighted by Crippen LogP contribution is 2.32. The Balaban J connectivity index is 1.81. The smallest absolute Gasteiger partial charge is 0.256 e. The number of anilines is 2. The van der Waals surface area contributed by atoms with Crippen LogP contribution in [0.5, 0.6) is 0 Å². The van der Waals surface area contributed by atoms with Crippen molar-refractivity contribution in [3.05, 3.63) is 70.4 Å². The number of nitrogens with one attached hydrogen (secondary N) is 3. The second-order valence-corrected chi connectivity index (χ2v) is 5.77. The first kappa shape index (κ1) is 15.8. The lowest BCUT2D eigenvalue weighted by atomic mass is 10.0. The van der Waals surface area contributed by atoms with Gasteiger partial charge in [0.2, 0.25) is 0 Å². The molecule has 1 aliphatic rings. The third kappa shape index (κ3) is 2.75. The van der Waals surface area contributed by atoms with Gasteiger partial charge in [-0.25, -0.2) is 4.98 Å². The molecule has 0 fully saturated rings. The molecule has 2 aromatic heterocycles. The number of carbonyl (C=O) groups excluding carboxylic acids is 1. The topological polar surface area (TPSA) is 99.8 Å². The number of H-pyrrole nitrogens is 1. The second-order valence-electron chi connectivity index (χ2n) is 5.77. The van der Waals surface area contributed by atoms with Crippen molar-refractivity contribution >= 4 is 29.1 Å². The third-order valence-electron chi connectivity index (χ3n) is 4.13. The van der Waals surface area contributed by atoms with Gasteiger partial charge in [-0.2, -0.15) is 0 Å². The van der Waals surface area contributed by atoms with Gasteiger partial charge in [0, 0.05) is 41.2 Å². The molecule has 1 aromatic carbocycles. The number of amides is 1. The Kier molecular flexibility index (Phi) is 3.81. The Morgan fingerprint density at radius 2 is 2.00 bits per heavy atom. The van der Waals surface area contributed by atoms with Crippen LogP contribution in [-0.2, 0) is 4.79 Å². The number of benzene rings is 1. The number of carbonyl (C=O) groups is 1. The number of hydrogen-bond acceptors (Lipinski definition) is 5. The average Bonchev–Trinajstić information content (AvgIpc) is 2.99. The monoisotopic (exact) mass is 345 g/mol. The van der Waals surface area contributed by atoms with E-state index in [-0.39, 0.29) is 11.5 Å². The van der Waals surface area contributed by atoms with Crippen molar-refractivity contribution in [1.29, 1.82) is 0 Å². The van der Waals surface area contributed by atoms with E-state index in [1.807, 2.05) is 24.3 Å². The molecule has 0 unspecified atom stereocenters. The lowest BCUT2D eigenvalue weighted by Gasteiger charge is -2.04. The Morgan fingerprint density at radius 3 is 2.85 bits per heavy atom. The summed E-state index contributed by atoms with van der Waals surface area (Å²) >= 11 is 0. The van der Waals surface area contributed by atoms with E-state index in [0.717, 1.165) is 11.3 Å².